The van der Waals surface area contributed by atoms with Crippen LogP contribution in [0.1, 0.15) is 47.3 Å². The van der Waals surface area contributed by atoms with Gasteiger partial charge in [0.2, 0.25) is 0 Å². The van der Waals surface area contributed by atoms with Crippen molar-refractivity contribution in [2.45, 2.75) is 47.1 Å². The molecule has 18 heavy (non-hydrogen) atoms. The fraction of sp³-hybridized carbons (Fsp3) is 0.562. The summed E-state index contributed by atoms with van der Waals surface area (Å²) in [4.78, 5) is 14.4. The van der Waals surface area contributed by atoms with E-state index in [2.05, 4.69) is 38.7 Å². The number of likely N-dealkylation sites (N-methyl/N-ethyl adjacent to an activating group) is 1. The molecule has 0 amide bonds. The zero-order valence-electron chi connectivity index (χ0n) is 12.5. The molecule has 0 heterocycles. The van der Waals surface area contributed by atoms with Gasteiger partial charge in [-0.1, -0.05) is 13.0 Å². The van der Waals surface area contributed by atoms with Gasteiger partial charge in [0.15, 0.2) is 5.78 Å². The van der Waals surface area contributed by atoms with E-state index in [1.165, 1.54) is 11.1 Å². The van der Waals surface area contributed by atoms with E-state index in [1.807, 2.05) is 20.0 Å². The summed E-state index contributed by atoms with van der Waals surface area (Å²) < 4.78 is 0. The van der Waals surface area contributed by atoms with E-state index in [1.54, 1.807) is 0 Å². The summed E-state index contributed by atoms with van der Waals surface area (Å²) in [5.41, 5.74) is 4.39. The summed E-state index contributed by atoms with van der Waals surface area (Å²) in [5.74, 6) is 0.221. The Labute approximate surface area is 111 Å². The third-order valence-electron chi connectivity index (χ3n) is 3.88. The van der Waals surface area contributed by atoms with Crippen molar-refractivity contribution in [2.24, 2.45) is 0 Å². The third kappa shape index (κ3) is 3.42. The molecule has 0 radical (unpaired) electrons. The van der Waals surface area contributed by atoms with Crippen LogP contribution in [0.15, 0.2) is 12.1 Å². The van der Waals surface area contributed by atoms with E-state index in [0.29, 0.717) is 12.6 Å². The van der Waals surface area contributed by atoms with Gasteiger partial charge in [0.25, 0.3) is 0 Å². The third-order valence-corrected chi connectivity index (χ3v) is 3.88. The van der Waals surface area contributed by atoms with Gasteiger partial charge >= 0.3 is 0 Å². The van der Waals surface area contributed by atoms with Crippen LogP contribution in [0.4, 0.5) is 0 Å². The van der Waals surface area contributed by atoms with Crippen LogP contribution in [0.25, 0.3) is 0 Å². The standard InChI is InChI=1S/C16H25NO/c1-7-14(5)17(6)10-16(18)15-9-12(3)11(2)8-13(15)4/h8-9,14H,7,10H2,1-6H3. The molecule has 0 N–H and O–H groups in total. The van der Waals surface area contributed by atoms with Crippen LogP contribution in [0.5, 0.6) is 0 Å². The van der Waals surface area contributed by atoms with Gasteiger partial charge in [0.05, 0.1) is 6.54 Å². The van der Waals surface area contributed by atoms with Gasteiger partial charge in [-0.15, -0.1) is 0 Å². The Kier molecular flexibility index (Phi) is 5.09. The van der Waals surface area contributed by atoms with Gasteiger partial charge in [0, 0.05) is 11.6 Å². The van der Waals surface area contributed by atoms with Crippen LogP contribution < -0.4 is 0 Å². The van der Waals surface area contributed by atoms with Gasteiger partial charge in [-0.25, -0.2) is 0 Å². The monoisotopic (exact) mass is 247 g/mol. The largest absolute Gasteiger partial charge is 0.296 e. The molecule has 0 aliphatic carbocycles. The van der Waals surface area contributed by atoms with Crippen molar-refractivity contribution >= 4 is 5.78 Å². The second-order valence-corrected chi connectivity index (χ2v) is 5.35. The SMILES string of the molecule is CCC(C)N(C)CC(=O)c1cc(C)c(C)cc1C. The smallest absolute Gasteiger partial charge is 0.177 e. The second-order valence-electron chi connectivity index (χ2n) is 5.35. The van der Waals surface area contributed by atoms with E-state index in [0.717, 1.165) is 17.5 Å². The summed E-state index contributed by atoms with van der Waals surface area (Å²) in [6.45, 7) is 11.0. The van der Waals surface area contributed by atoms with Crippen LogP contribution >= 0.6 is 0 Å². The summed E-state index contributed by atoms with van der Waals surface area (Å²) in [7, 11) is 2.02. The molecule has 0 spiro atoms. The van der Waals surface area contributed by atoms with Crippen LogP contribution in [-0.2, 0) is 0 Å². The minimum Gasteiger partial charge on any atom is -0.296 e. The highest BCUT2D eigenvalue weighted by Gasteiger charge is 2.15. The number of aryl methyl sites for hydroxylation is 3. The predicted molar refractivity (Wildman–Crippen MR) is 77.4 cm³/mol. The van der Waals surface area contributed by atoms with Crippen molar-refractivity contribution in [3.63, 3.8) is 0 Å². The first-order valence-electron chi connectivity index (χ1n) is 6.68. The lowest BCUT2D eigenvalue weighted by atomic mass is 9.98. The summed E-state index contributed by atoms with van der Waals surface area (Å²) >= 11 is 0. The molecular weight excluding hydrogens is 222 g/mol. The average Bonchev–Trinajstić information content (AvgIpc) is 2.32. The molecular formula is C16H25NO. The van der Waals surface area contributed by atoms with Gasteiger partial charge in [-0.05, 0) is 63.9 Å². The normalized spacial score (nSPS) is 12.8. The molecule has 0 aliphatic rings. The summed E-state index contributed by atoms with van der Waals surface area (Å²) in [5, 5.41) is 0. The fourth-order valence-corrected chi connectivity index (χ4v) is 2.04. The first-order chi connectivity index (χ1) is 8.36. The number of Topliss-reactive ketones (excluding diaryl/α,β-unsaturated/α-hetero) is 1. The Balaban J connectivity index is 2.88. The van der Waals surface area contributed by atoms with E-state index in [9.17, 15) is 4.79 Å². The quantitative estimate of drug-likeness (QED) is 0.742. The van der Waals surface area contributed by atoms with Gasteiger partial charge < -0.3 is 0 Å². The molecule has 1 rings (SSSR count). The molecule has 1 aromatic rings. The molecule has 0 bridgehead atoms. The molecule has 2 nitrogen and oxygen atoms in total. The number of nitrogens with zero attached hydrogens (tertiary/aromatic N) is 1. The van der Waals surface area contributed by atoms with E-state index in [-0.39, 0.29) is 5.78 Å². The van der Waals surface area contributed by atoms with Crippen molar-refractivity contribution in [3.8, 4) is 0 Å². The second kappa shape index (κ2) is 6.14. The average molecular weight is 247 g/mol. The lowest BCUT2D eigenvalue weighted by molar-refractivity contribution is 0.0922. The van der Waals surface area contributed by atoms with Crippen LogP contribution in [0, 0.1) is 20.8 Å². The molecule has 0 saturated carbocycles. The lowest BCUT2D eigenvalue weighted by Gasteiger charge is -2.23. The van der Waals surface area contributed by atoms with Crippen LogP contribution in [0.3, 0.4) is 0 Å². The van der Waals surface area contributed by atoms with Crippen molar-refractivity contribution in [1.82, 2.24) is 4.90 Å². The number of hydrogen-bond acceptors (Lipinski definition) is 2. The van der Waals surface area contributed by atoms with Crippen molar-refractivity contribution in [2.75, 3.05) is 13.6 Å². The van der Waals surface area contributed by atoms with E-state index in [4.69, 9.17) is 0 Å². The number of rotatable bonds is 5. The predicted octanol–water partition coefficient (Wildman–Crippen LogP) is 3.52. The highest BCUT2D eigenvalue weighted by molar-refractivity contribution is 5.99. The van der Waals surface area contributed by atoms with Gasteiger partial charge in [-0.2, -0.15) is 0 Å². The molecule has 0 aliphatic heterocycles. The highest BCUT2D eigenvalue weighted by Crippen LogP contribution is 2.16. The Bertz CT molecular complexity index is 437. The maximum absolute atomic E-state index is 12.3. The Hall–Kier alpha value is -1.15. The molecule has 1 atom stereocenters. The molecule has 0 fully saturated rings. The Morgan fingerprint density at radius 3 is 2.28 bits per heavy atom. The van der Waals surface area contributed by atoms with Crippen molar-refractivity contribution in [3.05, 3.63) is 34.4 Å². The topological polar surface area (TPSA) is 20.3 Å². The minimum atomic E-state index is 0.221. The van der Waals surface area contributed by atoms with Crippen LogP contribution in [0.2, 0.25) is 0 Å². The number of hydrogen-bond donors (Lipinski definition) is 0. The van der Waals surface area contributed by atoms with Crippen LogP contribution in [-0.4, -0.2) is 30.3 Å². The van der Waals surface area contributed by atoms with Crippen molar-refractivity contribution < 1.29 is 4.79 Å². The fourth-order valence-electron chi connectivity index (χ4n) is 2.04. The lowest BCUT2D eigenvalue weighted by Crippen LogP contribution is -2.33. The van der Waals surface area contributed by atoms with E-state index < -0.39 is 0 Å². The zero-order chi connectivity index (χ0) is 13.9. The Morgan fingerprint density at radius 2 is 1.72 bits per heavy atom. The number of benzene rings is 1. The Morgan fingerprint density at radius 1 is 1.17 bits per heavy atom. The summed E-state index contributed by atoms with van der Waals surface area (Å²) in [6, 6.07) is 4.57. The summed E-state index contributed by atoms with van der Waals surface area (Å²) in [6.07, 6.45) is 1.07. The zero-order valence-corrected chi connectivity index (χ0v) is 12.5. The molecule has 1 aromatic carbocycles. The maximum atomic E-state index is 12.3. The highest BCUT2D eigenvalue weighted by atomic mass is 16.1. The molecule has 1 unspecified atom stereocenters. The first kappa shape index (κ1) is 14.9. The number of carbonyl (C=O) groups is 1. The van der Waals surface area contributed by atoms with E-state index >= 15 is 0 Å². The minimum absolute atomic E-state index is 0.221. The van der Waals surface area contributed by atoms with Crippen molar-refractivity contribution in [1.29, 1.82) is 0 Å². The van der Waals surface area contributed by atoms with Gasteiger partial charge in [-0.3, -0.25) is 9.69 Å². The maximum Gasteiger partial charge on any atom is 0.177 e. The number of ketones is 1. The molecule has 0 aromatic heterocycles. The van der Waals surface area contributed by atoms with Gasteiger partial charge in [0.1, 0.15) is 0 Å². The molecule has 2 heteroatoms. The first-order valence-corrected chi connectivity index (χ1v) is 6.68. The molecule has 100 valence electrons. The molecule has 0 saturated heterocycles. The number of carbonyl (C=O) groups excluding carboxylic acids is 1.